The Bertz CT molecular complexity index is 464. The van der Waals surface area contributed by atoms with Crippen LogP contribution >= 0.6 is 0 Å². The Hall–Kier alpha value is -1.18. The molecule has 1 fully saturated rings. The zero-order chi connectivity index (χ0) is 23.2. The number of piperidine rings is 1. The maximum atomic E-state index is 12.1. The summed E-state index contributed by atoms with van der Waals surface area (Å²) in [7, 11) is 0. The van der Waals surface area contributed by atoms with Crippen molar-refractivity contribution in [2.24, 2.45) is 5.73 Å². The van der Waals surface area contributed by atoms with Gasteiger partial charge < -0.3 is 49.6 Å². The largest absolute Gasteiger partial charge is 0.379 e. The highest BCUT2D eigenvalue weighted by atomic mass is 16.6. The van der Waals surface area contributed by atoms with Gasteiger partial charge in [-0.15, -0.1) is 0 Å². The minimum absolute atomic E-state index is 0.107. The molecule has 4 N–H and O–H groups in total. The molecule has 1 aliphatic heterocycles. The molecule has 0 aliphatic carbocycles. The number of rotatable bonds is 22. The number of ether oxygens (including phenoxy) is 6. The van der Waals surface area contributed by atoms with Crippen molar-refractivity contribution in [1.82, 2.24) is 10.6 Å². The summed E-state index contributed by atoms with van der Waals surface area (Å²) in [4.78, 5) is 22.2. The van der Waals surface area contributed by atoms with E-state index in [2.05, 4.69) is 10.6 Å². The van der Waals surface area contributed by atoms with Crippen molar-refractivity contribution in [1.29, 1.82) is 0 Å². The van der Waals surface area contributed by atoms with Crippen molar-refractivity contribution < 1.29 is 38.0 Å². The zero-order valence-electron chi connectivity index (χ0n) is 19.1. The third kappa shape index (κ3) is 15.6. The van der Waals surface area contributed by atoms with E-state index >= 15 is 0 Å². The van der Waals surface area contributed by atoms with E-state index in [1.165, 1.54) is 0 Å². The lowest BCUT2D eigenvalue weighted by Crippen LogP contribution is -2.59. The third-order valence-electron chi connectivity index (χ3n) is 4.72. The second kappa shape index (κ2) is 20.4. The monoisotopic (exact) mass is 463 g/mol. The van der Waals surface area contributed by atoms with E-state index in [1.807, 2.05) is 0 Å². The highest BCUT2D eigenvalue weighted by Crippen LogP contribution is 2.14. The highest BCUT2D eigenvalue weighted by Gasteiger charge is 2.34. The lowest BCUT2D eigenvalue weighted by molar-refractivity contribution is -0.127. The van der Waals surface area contributed by atoms with Crippen LogP contribution in [0.5, 0.6) is 0 Å². The second-order valence-corrected chi connectivity index (χ2v) is 7.29. The molecule has 1 saturated heterocycles. The fourth-order valence-electron chi connectivity index (χ4n) is 2.85. The summed E-state index contributed by atoms with van der Waals surface area (Å²) in [5.74, 6) is -0.107. The summed E-state index contributed by atoms with van der Waals surface area (Å²) in [5.41, 5.74) is 5.38. The van der Waals surface area contributed by atoms with Gasteiger partial charge in [0.15, 0.2) is 0 Å². The van der Waals surface area contributed by atoms with Crippen LogP contribution in [0.25, 0.3) is 0 Å². The van der Waals surface area contributed by atoms with Crippen molar-refractivity contribution in [2.75, 3.05) is 98.9 Å². The van der Waals surface area contributed by atoms with Crippen LogP contribution < -0.4 is 16.4 Å². The SMILES string of the molecule is NC1(C(=O)NCCOCCOCCOCCOCCOCCOCCC=O)CCNCC1. The average molecular weight is 464 g/mol. The van der Waals surface area contributed by atoms with Crippen LogP contribution in [-0.2, 0) is 38.0 Å². The van der Waals surface area contributed by atoms with Crippen LogP contribution in [0.3, 0.4) is 0 Å². The van der Waals surface area contributed by atoms with Crippen LogP contribution in [0, 0.1) is 0 Å². The van der Waals surface area contributed by atoms with Crippen molar-refractivity contribution in [3.8, 4) is 0 Å². The summed E-state index contributed by atoms with van der Waals surface area (Å²) >= 11 is 0. The highest BCUT2D eigenvalue weighted by molar-refractivity contribution is 5.86. The molecule has 1 amide bonds. The molecule has 0 bridgehead atoms. The summed E-state index contributed by atoms with van der Waals surface area (Å²) in [6.45, 7) is 7.68. The van der Waals surface area contributed by atoms with E-state index in [-0.39, 0.29) is 5.91 Å². The molecule has 0 aromatic heterocycles. The zero-order valence-corrected chi connectivity index (χ0v) is 19.1. The lowest BCUT2D eigenvalue weighted by Gasteiger charge is -2.32. The third-order valence-corrected chi connectivity index (χ3v) is 4.72. The predicted octanol–water partition coefficient (Wildman–Crippen LogP) is -1.13. The minimum Gasteiger partial charge on any atom is -0.379 e. The number of aldehydes is 1. The van der Waals surface area contributed by atoms with Gasteiger partial charge in [-0.25, -0.2) is 0 Å². The van der Waals surface area contributed by atoms with E-state index in [4.69, 9.17) is 34.2 Å². The number of hydrogen-bond acceptors (Lipinski definition) is 10. The molecular weight excluding hydrogens is 422 g/mol. The molecule has 11 heteroatoms. The normalized spacial score (nSPS) is 15.5. The van der Waals surface area contributed by atoms with E-state index in [9.17, 15) is 9.59 Å². The topological polar surface area (TPSA) is 140 Å². The van der Waals surface area contributed by atoms with E-state index in [0.717, 1.165) is 19.4 Å². The van der Waals surface area contributed by atoms with Crippen molar-refractivity contribution >= 4 is 12.2 Å². The molecule has 32 heavy (non-hydrogen) atoms. The van der Waals surface area contributed by atoms with Gasteiger partial charge in [-0.05, 0) is 25.9 Å². The molecule has 0 saturated carbocycles. The van der Waals surface area contributed by atoms with Crippen LogP contribution in [0.15, 0.2) is 0 Å². The van der Waals surface area contributed by atoms with Gasteiger partial charge in [-0.2, -0.15) is 0 Å². The maximum Gasteiger partial charge on any atom is 0.240 e. The first kappa shape index (κ1) is 28.9. The van der Waals surface area contributed by atoms with Gasteiger partial charge in [0.2, 0.25) is 5.91 Å². The number of nitrogens with two attached hydrogens (primary N) is 1. The van der Waals surface area contributed by atoms with Crippen LogP contribution in [0.4, 0.5) is 0 Å². The molecular formula is C21H41N3O8. The molecule has 0 aromatic carbocycles. The molecule has 0 aromatic rings. The van der Waals surface area contributed by atoms with Crippen molar-refractivity contribution in [3.05, 3.63) is 0 Å². The first-order valence-corrected chi connectivity index (χ1v) is 11.4. The number of amides is 1. The van der Waals surface area contributed by atoms with E-state index in [0.29, 0.717) is 105 Å². The maximum absolute atomic E-state index is 12.1. The lowest BCUT2D eigenvalue weighted by atomic mass is 9.88. The summed E-state index contributed by atoms with van der Waals surface area (Å²) in [6.07, 6.45) is 2.54. The van der Waals surface area contributed by atoms with Crippen molar-refractivity contribution in [3.63, 3.8) is 0 Å². The molecule has 1 rings (SSSR count). The number of carbonyl (C=O) groups is 2. The summed E-state index contributed by atoms with van der Waals surface area (Å²) in [6, 6.07) is 0. The first-order chi connectivity index (χ1) is 15.7. The number of nitrogens with one attached hydrogen (secondary N) is 2. The molecule has 1 aliphatic rings. The molecule has 0 atom stereocenters. The Morgan fingerprint density at radius 2 is 1.16 bits per heavy atom. The molecule has 1 heterocycles. The van der Waals surface area contributed by atoms with Crippen LogP contribution in [-0.4, -0.2) is 117 Å². The molecule has 188 valence electrons. The minimum atomic E-state index is -0.763. The van der Waals surface area contributed by atoms with Crippen molar-refractivity contribution in [2.45, 2.75) is 24.8 Å². The standard InChI is InChI=1S/C21H41N3O8/c22-21(2-4-23-5-3-21)20(26)24-6-9-28-11-13-30-15-17-32-19-18-31-16-14-29-12-10-27-8-1-7-25/h7,23H,1-6,8-19,22H2,(H,24,26). The Morgan fingerprint density at radius 1 is 0.750 bits per heavy atom. The van der Waals surface area contributed by atoms with E-state index in [1.54, 1.807) is 0 Å². The number of hydrogen-bond donors (Lipinski definition) is 3. The Morgan fingerprint density at radius 3 is 1.59 bits per heavy atom. The average Bonchev–Trinajstić information content (AvgIpc) is 2.80. The Labute approximate surface area is 190 Å². The summed E-state index contributed by atoms with van der Waals surface area (Å²) in [5, 5.41) is 6.04. The summed E-state index contributed by atoms with van der Waals surface area (Å²) < 4.78 is 32.2. The van der Waals surface area contributed by atoms with Gasteiger partial charge in [0.1, 0.15) is 6.29 Å². The van der Waals surface area contributed by atoms with Gasteiger partial charge >= 0.3 is 0 Å². The predicted molar refractivity (Wildman–Crippen MR) is 118 cm³/mol. The Kier molecular flexibility index (Phi) is 18.4. The molecule has 11 nitrogen and oxygen atoms in total. The first-order valence-electron chi connectivity index (χ1n) is 11.4. The van der Waals surface area contributed by atoms with Crippen LogP contribution in [0.1, 0.15) is 19.3 Å². The van der Waals surface area contributed by atoms with Gasteiger partial charge in [0.25, 0.3) is 0 Å². The van der Waals surface area contributed by atoms with E-state index < -0.39 is 5.54 Å². The quantitative estimate of drug-likeness (QED) is 0.133. The smallest absolute Gasteiger partial charge is 0.240 e. The Balaban J connectivity index is 1.72. The molecule has 0 radical (unpaired) electrons. The van der Waals surface area contributed by atoms with Gasteiger partial charge in [0.05, 0.1) is 84.8 Å². The number of carbonyl (C=O) groups excluding carboxylic acids is 2. The van der Waals surface area contributed by atoms with Gasteiger partial charge in [-0.3, -0.25) is 4.79 Å². The van der Waals surface area contributed by atoms with Gasteiger partial charge in [0, 0.05) is 13.0 Å². The van der Waals surface area contributed by atoms with Gasteiger partial charge in [-0.1, -0.05) is 0 Å². The second-order valence-electron chi connectivity index (χ2n) is 7.29. The fraction of sp³-hybridized carbons (Fsp3) is 0.905. The molecule has 0 unspecified atom stereocenters. The van der Waals surface area contributed by atoms with Crippen LogP contribution in [0.2, 0.25) is 0 Å². The molecule has 0 spiro atoms. The fourth-order valence-corrected chi connectivity index (χ4v) is 2.85.